The topological polar surface area (TPSA) is 72.3 Å². The van der Waals surface area contributed by atoms with E-state index < -0.39 is 0 Å². The number of nitrogens with zero attached hydrogens (tertiary/aromatic N) is 4. The highest BCUT2D eigenvalue weighted by molar-refractivity contribution is 8.00. The van der Waals surface area contributed by atoms with E-state index in [2.05, 4.69) is 25.0 Å². The van der Waals surface area contributed by atoms with Gasteiger partial charge in [0.15, 0.2) is 5.16 Å². The molecule has 2 heterocycles. The van der Waals surface area contributed by atoms with Gasteiger partial charge in [0, 0.05) is 19.1 Å². The number of anilines is 1. The van der Waals surface area contributed by atoms with Gasteiger partial charge in [-0.15, -0.1) is 10.2 Å². The Morgan fingerprint density at radius 2 is 1.80 bits per heavy atom. The van der Waals surface area contributed by atoms with Crippen molar-refractivity contribution in [3.8, 4) is 5.69 Å². The third-order valence-corrected chi connectivity index (χ3v) is 6.82. The number of amides is 1. The molecule has 8 heteroatoms. The van der Waals surface area contributed by atoms with Gasteiger partial charge in [0.05, 0.1) is 24.2 Å². The van der Waals surface area contributed by atoms with E-state index in [-0.39, 0.29) is 11.2 Å². The Morgan fingerprint density at radius 3 is 2.50 bits per heavy atom. The first-order valence-electron chi connectivity index (χ1n) is 11.0. The maximum atomic E-state index is 12.9. The lowest BCUT2D eigenvalue weighted by Crippen LogP contribution is -2.39. The number of thioether (sulfide) groups is 1. The van der Waals surface area contributed by atoms with Gasteiger partial charge in [-0.3, -0.25) is 9.36 Å². The van der Waals surface area contributed by atoms with E-state index in [1.807, 2.05) is 37.3 Å². The number of nitrogens with one attached hydrogen (secondary N) is 1. The highest BCUT2D eigenvalue weighted by Crippen LogP contribution is 2.30. The summed E-state index contributed by atoms with van der Waals surface area (Å²) >= 11 is 1.47. The van der Waals surface area contributed by atoms with Crippen LogP contribution in [-0.2, 0) is 9.53 Å². The van der Waals surface area contributed by atoms with Crippen LogP contribution in [0.4, 0.5) is 5.95 Å². The van der Waals surface area contributed by atoms with E-state index in [9.17, 15) is 4.79 Å². The minimum absolute atomic E-state index is 0.0856. The molecule has 1 saturated carbocycles. The summed E-state index contributed by atoms with van der Waals surface area (Å²) in [5.41, 5.74) is 1.00. The number of benzene rings is 1. The predicted molar refractivity (Wildman–Crippen MR) is 119 cm³/mol. The Balaban J connectivity index is 1.51. The van der Waals surface area contributed by atoms with Gasteiger partial charge >= 0.3 is 0 Å². The molecule has 1 aromatic carbocycles. The van der Waals surface area contributed by atoms with Crippen molar-refractivity contribution in [3.63, 3.8) is 0 Å². The average molecular weight is 430 g/mol. The fourth-order valence-corrected chi connectivity index (χ4v) is 4.94. The highest BCUT2D eigenvalue weighted by Gasteiger charge is 2.26. The van der Waals surface area contributed by atoms with Gasteiger partial charge in [-0.1, -0.05) is 55.6 Å². The zero-order chi connectivity index (χ0) is 20.8. The second-order valence-corrected chi connectivity index (χ2v) is 9.32. The Labute approximate surface area is 182 Å². The standard InChI is InChI=1S/C22H31N5O2S/c1-17(20(28)23-18-9-5-2-3-6-10-18)30-22-25-24-21(26-13-15-29-16-14-26)27(22)19-11-7-4-8-12-19/h4,7-8,11-12,17-18H,2-3,5-6,9-10,13-16H2,1H3,(H,23,28). The molecule has 1 atom stereocenters. The third-order valence-electron chi connectivity index (χ3n) is 5.78. The van der Waals surface area contributed by atoms with Crippen LogP contribution in [0.1, 0.15) is 45.4 Å². The third kappa shape index (κ3) is 5.16. The number of hydrogen-bond donors (Lipinski definition) is 1. The lowest BCUT2D eigenvalue weighted by atomic mass is 10.1. The molecule has 1 amide bonds. The molecule has 1 unspecified atom stereocenters. The number of para-hydroxylation sites is 1. The van der Waals surface area contributed by atoms with Crippen LogP contribution in [0.2, 0.25) is 0 Å². The molecule has 0 spiro atoms. The minimum atomic E-state index is -0.238. The Kier molecular flexibility index (Phi) is 7.28. The Bertz CT molecular complexity index is 814. The van der Waals surface area contributed by atoms with E-state index >= 15 is 0 Å². The van der Waals surface area contributed by atoms with Gasteiger partial charge < -0.3 is 15.0 Å². The molecule has 4 rings (SSSR count). The van der Waals surface area contributed by atoms with Gasteiger partial charge in [-0.05, 0) is 31.9 Å². The summed E-state index contributed by atoms with van der Waals surface area (Å²) in [5.74, 6) is 0.894. The molecule has 1 aromatic heterocycles. The first-order valence-corrected chi connectivity index (χ1v) is 11.9. The summed E-state index contributed by atoms with van der Waals surface area (Å²) in [6, 6.07) is 10.4. The molecule has 1 aliphatic carbocycles. The van der Waals surface area contributed by atoms with E-state index in [4.69, 9.17) is 4.74 Å². The number of morpholine rings is 1. The van der Waals surface area contributed by atoms with Crippen LogP contribution in [0.15, 0.2) is 35.5 Å². The number of rotatable bonds is 6. The van der Waals surface area contributed by atoms with E-state index in [1.54, 1.807) is 0 Å². The number of ether oxygens (including phenoxy) is 1. The first-order chi connectivity index (χ1) is 14.7. The van der Waals surface area contributed by atoms with Crippen LogP contribution in [0.5, 0.6) is 0 Å². The lowest BCUT2D eigenvalue weighted by Gasteiger charge is -2.28. The van der Waals surface area contributed by atoms with Crippen molar-refractivity contribution < 1.29 is 9.53 Å². The molecule has 1 saturated heterocycles. The van der Waals surface area contributed by atoms with Crippen molar-refractivity contribution in [2.24, 2.45) is 0 Å². The molecule has 0 bridgehead atoms. The first kappa shape index (κ1) is 21.2. The molecule has 0 radical (unpaired) electrons. The van der Waals surface area contributed by atoms with Gasteiger partial charge in [-0.25, -0.2) is 0 Å². The smallest absolute Gasteiger partial charge is 0.233 e. The van der Waals surface area contributed by atoms with Crippen molar-refractivity contribution in [1.29, 1.82) is 0 Å². The number of aromatic nitrogens is 3. The molecule has 1 aliphatic heterocycles. The van der Waals surface area contributed by atoms with Crippen molar-refractivity contribution in [1.82, 2.24) is 20.1 Å². The van der Waals surface area contributed by atoms with Gasteiger partial charge in [0.1, 0.15) is 0 Å². The summed E-state index contributed by atoms with van der Waals surface area (Å²) in [6.07, 6.45) is 7.15. The number of hydrogen-bond acceptors (Lipinski definition) is 6. The van der Waals surface area contributed by atoms with Gasteiger partial charge in [-0.2, -0.15) is 0 Å². The lowest BCUT2D eigenvalue weighted by molar-refractivity contribution is -0.121. The van der Waals surface area contributed by atoms with Crippen molar-refractivity contribution >= 4 is 23.6 Å². The fourth-order valence-electron chi connectivity index (χ4n) is 4.06. The SMILES string of the molecule is CC(Sc1nnc(N2CCOCC2)n1-c1ccccc1)C(=O)NC1CCCCCC1. The Morgan fingerprint density at radius 1 is 1.10 bits per heavy atom. The summed E-state index contributed by atoms with van der Waals surface area (Å²) in [7, 11) is 0. The normalized spacial score (nSPS) is 19.3. The van der Waals surface area contributed by atoms with Crippen molar-refractivity contribution in [2.45, 2.75) is 61.9 Å². The van der Waals surface area contributed by atoms with E-state index in [0.717, 1.165) is 42.7 Å². The van der Waals surface area contributed by atoms with Crippen LogP contribution in [-0.4, -0.2) is 58.3 Å². The second kappa shape index (κ2) is 10.3. The highest BCUT2D eigenvalue weighted by atomic mass is 32.2. The largest absolute Gasteiger partial charge is 0.378 e. The van der Waals surface area contributed by atoms with Gasteiger partial charge in [0.2, 0.25) is 11.9 Å². The molecule has 7 nitrogen and oxygen atoms in total. The second-order valence-electron chi connectivity index (χ2n) is 8.01. The van der Waals surface area contributed by atoms with Crippen LogP contribution >= 0.6 is 11.8 Å². The quantitative estimate of drug-likeness (QED) is 0.560. The zero-order valence-corrected chi connectivity index (χ0v) is 18.4. The predicted octanol–water partition coefficient (Wildman–Crippen LogP) is 3.42. The van der Waals surface area contributed by atoms with E-state index in [1.165, 1.54) is 37.4 Å². The zero-order valence-electron chi connectivity index (χ0n) is 17.6. The van der Waals surface area contributed by atoms with Crippen LogP contribution < -0.4 is 10.2 Å². The number of carbonyl (C=O) groups excluding carboxylic acids is 1. The monoisotopic (exact) mass is 429 g/mol. The van der Waals surface area contributed by atoms with Crippen molar-refractivity contribution in [3.05, 3.63) is 30.3 Å². The number of carbonyl (C=O) groups is 1. The molecule has 2 fully saturated rings. The average Bonchev–Trinajstić information content (AvgIpc) is 3.02. The summed E-state index contributed by atoms with van der Waals surface area (Å²) < 4.78 is 7.55. The molecule has 162 valence electrons. The maximum Gasteiger partial charge on any atom is 0.233 e. The molecule has 1 N–H and O–H groups in total. The van der Waals surface area contributed by atoms with Crippen LogP contribution in [0, 0.1) is 0 Å². The molecular weight excluding hydrogens is 398 g/mol. The van der Waals surface area contributed by atoms with Gasteiger partial charge in [0.25, 0.3) is 0 Å². The fraction of sp³-hybridized carbons (Fsp3) is 0.591. The Hall–Kier alpha value is -2.06. The van der Waals surface area contributed by atoms with Crippen molar-refractivity contribution in [2.75, 3.05) is 31.2 Å². The molecular formula is C22H31N5O2S. The molecule has 2 aliphatic rings. The molecule has 2 aromatic rings. The maximum absolute atomic E-state index is 12.9. The minimum Gasteiger partial charge on any atom is -0.378 e. The summed E-state index contributed by atoms with van der Waals surface area (Å²) in [6.45, 7) is 4.89. The summed E-state index contributed by atoms with van der Waals surface area (Å²) in [5, 5.41) is 12.7. The van der Waals surface area contributed by atoms with Crippen LogP contribution in [0.3, 0.4) is 0 Å². The summed E-state index contributed by atoms with van der Waals surface area (Å²) in [4.78, 5) is 15.1. The molecule has 30 heavy (non-hydrogen) atoms. The van der Waals surface area contributed by atoms with Crippen LogP contribution in [0.25, 0.3) is 5.69 Å². The van der Waals surface area contributed by atoms with E-state index in [0.29, 0.717) is 19.3 Å².